The number of nitrogens with zero attached hydrogens (tertiary/aromatic N) is 1. The summed E-state index contributed by atoms with van der Waals surface area (Å²) in [7, 11) is 0. The maximum atomic E-state index is 11.6. The zero-order valence-corrected chi connectivity index (χ0v) is 12.6. The van der Waals surface area contributed by atoms with E-state index in [2.05, 4.69) is 24.9 Å². The van der Waals surface area contributed by atoms with E-state index in [1.54, 1.807) is 12.1 Å². The van der Waals surface area contributed by atoms with Crippen LogP contribution in [-0.2, 0) is 0 Å². The molecule has 22 heavy (non-hydrogen) atoms. The molecule has 1 N–H and O–H groups in total. The van der Waals surface area contributed by atoms with Gasteiger partial charge >= 0.3 is 5.97 Å². The summed E-state index contributed by atoms with van der Waals surface area (Å²) in [5.41, 5.74) is 3.86. The first-order valence-corrected chi connectivity index (χ1v) is 7.30. The molecular weight excluding hydrogens is 274 g/mol. The molecule has 1 aromatic heterocycles. The maximum Gasteiger partial charge on any atom is 0.336 e. The van der Waals surface area contributed by atoms with Gasteiger partial charge in [-0.3, -0.25) is 0 Å². The van der Waals surface area contributed by atoms with E-state index in [4.69, 9.17) is 0 Å². The number of pyridine rings is 1. The molecule has 0 atom stereocenters. The van der Waals surface area contributed by atoms with E-state index in [-0.39, 0.29) is 0 Å². The lowest BCUT2D eigenvalue weighted by molar-refractivity contribution is 0.0699. The summed E-state index contributed by atoms with van der Waals surface area (Å²) in [5, 5.41) is 10.2. The van der Waals surface area contributed by atoms with Crippen molar-refractivity contribution >= 4 is 16.9 Å². The van der Waals surface area contributed by atoms with Crippen LogP contribution in [-0.4, -0.2) is 16.1 Å². The highest BCUT2D eigenvalue weighted by molar-refractivity contribution is 6.03. The number of carboxylic acid groups (broad SMARTS) is 1. The fraction of sp³-hybridized carbons (Fsp3) is 0.158. The molecule has 3 aromatic rings. The molecule has 3 heteroatoms. The van der Waals surface area contributed by atoms with Crippen molar-refractivity contribution in [2.45, 2.75) is 19.8 Å². The zero-order chi connectivity index (χ0) is 15.7. The molecular formula is C19H17NO2. The van der Waals surface area contributed by atoms with Gasteiger partial charge in [0.05, 0.1) is 16.8 Å². The molecule has 0 saturated carbocycles. The van der Waals surface area contributed by atoms with Gasteiger partial charge in [0.15, 0.2) is 0 Å². The molecule has 2 aromatic carbocycles. The number of carbonyl (C=O) groups is 1. The summed E-state index contributed by atoms with van der Waals surface area (Å²) >= 11 is 0. The number of para-hydroxylation sites is 1. The average molecular weight is 291 g/mol. The molecule has 0 saturated heterocycles. The molecule has 0 aliphatic heterocycles. The van der Waals surface area contributed by atoms with E-state index < -0.39 is 5.97 Å². The number of carboxylic acids is 1. The van der Waals surface area contributed by atoms with Crippen molar-refractivity contribution in [3.63, 3.8) is 0 Å². The summed E-state index contributed by atoms with van der Waals surface area (Å²) < 4.78 is 0. The monoisotopic (exact) mass is 291 g/mol. The van der Waals surface area contributed by atoms with Gasteiger partial charge in [-0.15, -0.1) is 0 Å². The Labute approximate surface area is 129 Å². The van der Waals surface area contributed by atoms with Crippen LogP contribution in [0.15, 0.2) is 54.6 Å². The van der Waals surface area contributed by atoms with Crippen LogP contribution in [0.5, 0.6) is 0 Å². The van der Waals surface area contributed by atoms with E-state index in [0.717, 1.165) is 5.56 Å². The second-order valence-electron chi connectivity index (χ2n) is 5.62. The van der Waals surface area contributed by atoms with Gasteiger partial charge in [-0.2, -0.15) is 0 Å². The predicted molar refractivity (Wildman–Crippen MR) is 88.2 cm³/mol. The lowest BCUT2D eigenvalue weighted by Gasteiger charge is -2.13. The number of aromatic nitrogens is 1. The van der Waals surface area contributed by atoms with Crippen molar-refractivity contribution in [1.29, 1.82) is 0 Å². The van der Waals surface area contributed by atoms with Crippen molar-refractivity contribution in [3.05, 3.63) is 65.7 Å². The topological polar surface area (TPSA) is 50.2 Å². The van der Waals surface area contributed by atoms with Crippen LogP contribution in [0.2, 0.25) is 0 Å². The lowest BCUT2D eigenvalue weighted by Crippen LogP contribution is -2.01. The molecule has 0 spiro atoms. The van der Waals surface area contributed by atoms with Crippen molar-refractivity contribution in [1.82, 2.24) is 4.98 Å². The summed E-state index contributed by atoms with van der Waals surface area (Å²) in [6.07, 6.45) is 0. The summed E-state index contributed by atoms with van der Waals surface area (Å²) in [5.74, 6) is -0.584. The largest absolute Gasteiger partial charge is 0.478 e. The maximum absolute atomic E-state index is 11.6. The highest BCUT2D eigenvalue weighted by Crippen LogP contribution is 2.30. The van der Waals surface area contributed by atoms with Crippen molar-refractivity contribution in [2.75, 3.05) is 0 Å². The van der Waals surface area contributed by atoms with Crippen LogP contribution in [0.1, 0.15) is 35.7 Å². The average Bonchev–Trinajstić information content (AvgIpc) is 2.53. The predicted octanol–water partition coefficient (Wildman–Crippen LogP) is 4.72. The Bertz CT molecular complexity index is 853. The fourth-order valence-corrected chi connectivity index (χ4v) is 2.72. The number of hydrogen-bond acceptors (Lipinski definition) is 2. The first-order chi connectivity index (χ1) is 10.6. The van der Waals surface area contributed by atoms with Crippen molar-refractivity contribution in [2.24, 2.45) is 0 Å². The van der Waals surface area contributed by atoms with E-state index >= 15 is 0 Å². The first kappa shape index (κ1) is 14.3. The van der Waals surface area contributed by atoms with Gasteiger partial charge in [0, 0.05) is 10.9 Å². The summed E-state index contributed by atoms with van der Waals surface area (Å²) in [6, 6.07) is 17.0. The summed E-state index contributed by atoms with van der Waals surface area (Å²) in [6.45, 7) is 4.25. The standard InChI is InChI=1S/C19H17NO2/c1-12(2)13-7-3-4-8-14(13)18-11-16(19(21)22)15-9-5-6-10-17(15)20-18/h3-12H,1-2H3,(H,21,22). The van der Waals surface area contributed by atoms with Crippen LogP contribution >= 0.6 is 0 Å². The van der Waals surface area contributed by atoms with Gasteiger partial charge < -0.3 is 5.11 Å². The highest BCUT2D eigenvalue weighted by Gasteiger charge is 2.15. The Morgan fingerprint density at radius 3 is 2.45 bits per heavy atom. The SMILES string of the molecule is CC(C)c1ccccc1-c1cc(C(=O)O)c2ccccc2n1. The molecule has 1 heterocycles. The Balaban J connectivity index is 2.31. The third-order valence-corrected chi connectivity index (χ3v) is 3.81. The Kier molecular flexibility index (Phi) is 3.63. The number of rotatable bonds is 3. The quantitative estimate of drug-likeness (QED) is 0.759. The van der Waals surface area contributed by atoms with Gasteiger partial charge in [0.25, 0.3) is 0 Å². The molecule has 0 bridgehead atoms. The smallest absolute Gasteiger partial charge is 0.336 e. The third kappa shape index (κ3) is 2.46. The Morgan fingerprint density at radius 1 is 1.05 bits per heavy atom. The Morgan fingerprint density at radius 2 is 1.73 bits per heavy atom. The van der Waals surface area contributed by atoms with E-state index in [9.17, 15) is 9.90 Å². The normalized spacial score (nSPS) is 11.0. The first-order valence-electron chi connectivity index (χ1n) is 7.30. The fourth-order valence-electron chi connectivity index (χ4n) is 2.72. The van der Waals surface area contributed by atoms with E-state index in [1.165, 1.54) is 5.56 Å². The van der Waals surface area contributed by atoms with Gasteiger partial charge in [0.2, 0.25) is 0 Å². The minimum absolute atomic E-state index is 0.291. The molecule has 110 valence electrons. The highest BCUT2D eigenvalue weighted by atomic mass is 16.4. The lowest BCUT2D eigenvalue weighted by atomic mass is 9.94. The molecule has 3 rings (SSSR count). The van der Waals surface area contributed by atoms with Crippen molar-refractivity contribution in [3.8, 4) is 11.3 Å². The third-order valence-electron chi connectivity index (χ3n) is 3.81. The summed E-state index contributed by atoms with van der Waals surface area (Å²) in [4.78, 5) is 16.3. The van der Waals surface area contributed by atoms with Gasteiger partial charge in [-0.25, -0.2) is 9.78 Å². The molecule has 0 aliphatic rings. The second kappa shape index (κ2) is 5.60. The zero-order valence-electron chi connectivity index (χ0n) is 12.6. The van der Waals surface area contributed by atoms with Crippen LogP contribution in [0, 0.1) is 0 Å². The number of benzene rings is 2. The number of fused-ring (bicyclic) bond motifs is 1. The van der Waals surface area contributed by atoms with Crippen LogP contribution in [0.3, 0.4) is 0 Å². The van der Waals surface area contributed by atoms with Gasteiger partial charge in [-0.05, 0) is 23.6 Å². The number of hydrogen-bond donors (Lipinski definition) is 1. The molecule has 3 nitrogen and oxygen atoms in total. The number of aromatic carboxylic acids is 1. The molecule has 0 aliphatic carbocycles. The minimum Gasteiger partial charge on any atom is -0.478 e. The second-order valence-corrected chi connectivity index (χ2v) is 5.62. The van der Waals surface area contributed by atoms with Gasteiger partial charge in [0.1, 0.15) is 0 Å². The van der Waals surface area contributed by atoms with Gasteiger partial charge in [-0.1, -0.05) is 56.3 Å². The minimum atomic E-state index is -0.929. The van der Waals surface area contributed by atoms with E-state index in [0.29, 0.717) is 28.1 Å². The molecule has 0 fully saturated rings. The molecule has 0 amide bonds. The van der Waals surface area contributed by atoms with E-state index in [1.807, 2.05) is 36.4 Å². The molecule has 0 unspecified atom stereocenters. The van der Waals surface area contributed by atoms with Crippen LogP contribution < -0.4 is 0 Å². The van der Waals surface area contributed by atoms with Crippen LogP contribution in [0.25, 0.3) is 22.2 Å². The molecule has 0 radical (unpaired) electrons. The Hall–Kier alpha value is -2.68. The van der Waals surface area contributed by atoms with Crippen LogP contribution in [0.4, 0.5) is 0 Å². The van der Waals surface area contributed by atoms with Crippen molar-refractivity contribution < 1.29 is 9.90 Å².